The van der Waals surface area contributed by atoms with Crippen LogP contribution in [0.3, 0.4) is 0 Å². The van der Waals surface area contributed by atoms with E-state index in [2.05, 4.69) is 199 Å². The van der Waals surface area contributed by atoms with E-state index in [0.717, 1.165) is 33.3 Å². The normalized spacial score (nSPS) is 11.6. The van der Waals surface area contributed by atoms with E-state index in [0.29, 0.717) is 6.54 Å². The van der Waals surface area contributed by atoms with Crippen molar-refractivity contribution in [1.82, 2.24) is 0 Å². The Bertz CT molecular complexity index is 3250. The van der Waals surface area contributed by atoms with Gasteiger partial charge in [0.25, 0.3) is 0 Å². The Hall–Kier alpha value is -6.94. The first-order valence-electron chi connectivity index (χ1n) is 19.1. The van der Waals surface area contributed by atoms with Gasteiger partial charge >= 0.3 is 0 Å². The fraction of sp³-hybridized carbons (Fsp3) is 0.0189. The molecule has 56 heavy (non-hydrogen) atoms. The third kappa shape index (κ3) is 5.39. The van der Waals surface area contributed by atoms with Crippen LogP contribution in [0.5, 0.6) is 0 Å². The van der Waals surface area contributed by atoms with Crippen LogP contribution < -0.4 is 4.90 Å². The molecule has 0 unspecified atom stereocenters. The summed E-state index contributed by atoms with van der Waals surface area (Å²) >= 11 is 1.86. The number of hydrogen-bond acceptors (Lipinski definition) is 3. The quantitative estimate of drug-likeness (QED) is 0.162. The Labute approximate surface area is 329 Å². The lowest BCUT2D eigenvalue weighted by Crippen LogP contribution is -2.18. The van der Waals surface area contributed by atoms with Gasteiger partial charge < -0.3 is 9.32 Å². The lowest BCUT2D eigenvalue weighted by Gasteiger charge is -2.29. The summed E-state index contributed by atoms with van der Waals surface area (Å²) < 4.78 is 8.99. The van der Waals surface area contributed by atoms with E-state index >= 15 is 0 Å². The predicted octanol–water partition coefficient (Wildman–Crippen LogP) is 15.4. The third-order valence-corrected chi connectivity index (χ3v) is 12.3. The number of anilines is 2. The van der Waals surface area contributed by atoms with Crippen molar-refractivity contribution in [3.63, 3.8) is 0 Å². The molecule has 2 aromatic heterocycles. The van der Waals surface area contributed by atoms with Gasteiger partial charge in [-0.2, -0.15) is 0 Å². The van der Waals surface area contributed by atoms with Gasteiger partial charge in [-0.15, -0.1) is 11.3 Å². The van der Waals surface area contributed by atoms with Crippen molar-refractivity contribution in [2.24, 2.45) is 0 Å². The lowest BCUT2D eigenvalue weighted by molar-refractivity contribution is 0.669. The molecule has 0 N–H and O–H groups in total. The second kappa shape index (κ2) is 13.4. The summed E-state index contributed by atoms with van der Waals surface area (Å²) in [5.41, 5.74) is 12.6. The Morgan fingerprint density at radius 2 is 1.04 bits per heavy atom. The maximum atomic E-state index is 6.37. The van der Waals surface area contributed by atoms with Crippen LogP contribution in [0.25, 0.3) is 86.3 Å². The fourth-order valence-electron chi connectivity index (χ4n) is 8.66. The molecule has 0 aliphatic heterocycles. The van der Waals surface area contributed by atoms with Gasteiger partial charge in [0.1, 0.15) is 11.2 Å². The van der Waals surface area contributed by atoms with Gasteiger partial charge in [0.15, 0.2) is 0 Å². The molecule has 0 aliphatic carbocycles. The molecule has 0 bridgehead atoms. The summed E-state index contributed by atoms with van der Waals surface area (Å²) in [5.74, 6) is 0. The van der Waals surface area contributed by atoms with Crippen molar-refractivity contribution in [3.8, 4) is 33.4 Å². The van der Waals surface area contributed by atoms with E-state index in [4.69, 9.17) is 4.42 Å². The summed E-state index contributed by atoms with van der Waals surface area (Å²) in [4.78, 5) is 2.51. The minimum atomic E-state index is 0.652. The molecular weight excluding hydrogens is 699 g/mol. The topological polar surface area (TPSA) is 16.4 Å². The molecule has 11 aromatic rings. The van der Waals surface area contributed by atoms with Crippen molar-refractivity contribution in [3.05, 3.63) is 206 Å². The van der Waals surface area contributed by atoms with E-state index in [-0.39, 0.29) is 0 Å². The zero-order valence-electron chi connectivity index (χ0n) is 30.5. The molecule has 264 valence electrons. The smallest absolute Gasteiger partial charge is 0.136 e. The number of benzene rings is 9. The number of thiophene rings is 1. The highest BCUT2D eigenvalue weighted by Gasteiger charge is 2.21. The number of fused-ring (bicyclic) bond motifs is 7. The van der Waals surface area contributed by atoms with Crippen LogP contribution in [0.1, 0.15) is 5.56 Å². The van der Waals surface area contributed by atoms with E-state index < -0.39 is 0 Å². The van der Waals surface area contributed by atoms with Gasteiger partial charge in [0.2, 0.25) is 0 Å². The summed E-state index contributed by atoms with van der Waals surface area (Å²) in [6.45, 7) is 0.652. The molecular formula is C53H35NOS. The summed E-state index contributed by atoms with van der Waals surface area (Å²) in [7, 11) is 0. The van der Waals surface area contributed by atoms with Gasteiger partial charge in [-0.05, 0) is 86.6 Å². The highest BCUT2D eigenvalue weighted by atomic mass is 32.1. The van der Waals surface area contributed by atoms with E-state index in [1.165, 1.54) is 69.9 Å². The molecule has 0 radical (unpaired) electrons. The minimum absolute atomic E-state index is 0.652. The zero-order chi connectivity index (χ0) is 37.0. The molecule has 0 fully saturated rings. The van der Waals surface area contributed by atoms with Gasteiger partial charge in [0.05, 0.1) is 0 Å². The van der Waals surface area contributed by atoms with Crippen LogP contribution in [-0.2, 0) is 6.54 Å². The number of hydrogen-bond donors (Lipinski definition) is 0. The average Bonchev–Trinajstić information content (AvgIpc) is 3.84. The van der Waals surface area contributed by atoms with Crippen molar-refractivity contribution in [2.75, 3.05) is 4.90 Å². The van der Waals surface area contributed by atoms with Gasteiger partial charge in [0, 0.05) is 54.4 Å². The van der Waals surface area contributed by atoms with Crippen LogP contribution in [0, 0.1) is 0 Å². The third-order valence-electron chi connectivity index (χ3n) is 11.2. The molecule has 11 rings (SSSR count). The van der Waals surface area contributed by atoms with E-state index in [1.807, 2.05) is 17.4 Å². The molecule has 2 heterocycles. The second-order valence-corrected chi connectivity index (χ2v) is 15.5. The molecule has 9 aromatic carbocycles. The second-order valence-electron chi connectivity index (χ2n) is 14.4. The standard InChI is InChI=1S/C53H35NOS/c1-3-20-39-35(15-1)17-12-26-42(39)43-22-5-8-28-47(43)54(38-19-11-18-36(33-38)41-25-14-32-51-53(41)46-24-7-10-31-50(46)56-51)34-37-16-2-4-21-40(37)44-27-13-30-49-52(44)45-23-6-9-29-48(45)55-49/h1-33H,34H2. The van der Waals surface area contributed by atoms with Crippen LogP contribution >= 0.6 is 11.3 Å². The van der Waals surface area contributed by atoms with Crippen molar-refractivity contribution in [1.29, 1.82) is 0 Å². The van der Waals surface area contributed by atoms with Crippen LogP contribution in [0.2, 0.25) is 0 Å². The van der Waals surface area contributed by atoms with Gasteiger partial charge in [-0.1, -0.05) is 158 Å². The van der Waals surface area contributed by atoms with Crippen LogP contribution in [0.15, 0.2) is 205 Å². The first kappa shape index (κ1) is 32.5. The summed E-state index contributed by atoms with van der Waals surface area (Å²) in [6.07, 6.45) is 0. The van der Waals surface area contributed by atoms with E-state index in [1.54, 1.807) is 0 Å². The number of rotatable bonds is 7. The van der Waals surface area contributed by atoms with Crippen LogP contribution in [0.4, 0.5) is 11.4 Å². The molecule has 0 aliphatic rings. The largest absolute Gasteiger partial charge is 0.456 e. The summed E-state index contributed by atoms with van der Waals surface area (Å²) in [5, 5.41) is 7.38. The monoisotopic (exact) mass is 733 g/mol. The van der Waals surface area contributed by atoms with Gasteiger partial charge in [-0.3, -0.25) is 0 Å². The first-order chi connectivity index (χ1) is 27.8. The van der Waals surface area contributed by atoms with Crippen molar-refractivity contribution in [2.45, 2.75) is 6.54 Å². The molecule has 3 heteroatoms. The number of furan rings is 1. The highest BCUT2D eigenvalue weighted by molar-refractivity contribution is 7.25. The molecule has 2 nitrogen and oxygen atoms in total. The minimum Gasteiger partial charge on any atom is -0.456 e. The molecule has 0 atom stereocenters. The Morgan fingerprint density at radius 1 is 0.411 bits per heavy atom. The Balaban J connectivity index is 1.13. The SMILES string of the molecule is c1cc(-c2cccc3sc4ccccc4c23)cc(N(Cc2ccccc2-c2cccc3oc4ccccc4c23)c2ccccc2-c2cccc3ccccc23)c1. The van der Waals surface area contributed by atoms with E-state index in [9.17, 15) is 0 Å². The molecule has 0 spiro atoms. The number of nitrogens with zero attached hydrogens (tertiary/aromatic N) is 1. The zero-order valence-corrected chi connectivity index (χ0v) is 31.3. The molecule has 0 amide bonds. The van der Waals surface area contributed by atoms with Crippen LogP contribution in [-0.4, -0.2) is 0 Å². The summed E-state index contributed by atoms with van der Waals surface area (Å²) in [6, 6.07) is 72.5. The average molecular weight is 734 g/mol. The fourth-order valence-corrected chi connectivity index (χ4v) is 9.79. The maximum Gasteiger partial charge on any atom is 0.136 e. The maximum absolute atomic E-state index is 6.37. The Kier molecular flexibility index (Phi) is 7.78. The molecule has 0 saturated carbocycles. The highest BCUT2D eigenvalue weighted by Crippen LogP contribution is 2.44. The molecule has 0 saturated heterocycles. The predicted molar refractivity (Wildman–Crippen MR) is 239 cm³/mol. The van der Waals surface area contributed by atoms with Gasteiger partial charge in [-0.25, -0.2) is 0 Å². The first-order valence-corrected chi connectivity index (χ1v) is 19.9. The Morgan fingerprint density at radius 3 is 1.98 bits per heavy atom. The lowest BCUT2D eigenvalue weighted by atomic mass is 9.93. The number of para-hydroxylation sites is 2. The van der Waals surface area contributed by atoms with Crippen molar-refractivity contribution < 1.29 is 4.42 Å². The van der Waals surface area contributed by atoms with Crippen molar-refractivity contribution >= 4 is 75.6 Å².